The maximum Gasteiger partial charge on any atom is 0.128 e. The van der Waals surface area contributed by atoms with Crippen molar-refractivity contribution >= 4 is 26.8 Å². The number of nitrogens with zero attached hydrogens (tertiary/aromatic N) is 1. The van der Waals surface area contributed by atoms with Gasteiger partial charge >= 0.3 is 0 Å². The zero-order valence-corrected chi connectivity index (χ0v) is 21.7. The van der Waals surface area contributed by atoms with E-state index in [-0.39, 0.29) is 8.07 Å². The van der Waals surface area contributed by atoms with E-state index in [2.05, 4.69) is 73.7 Å². The molecule has 1 saturated heterocycles. The Morgan fingerprint density at radius 2 is 1.32 bits per heavy atom. The highest BCUT2D eigenvalue weighted by Crippen LogP contribution is 2.67. The average Bonchev–Trinajstić information content (AvgIpc) is 3.24. The summed E-state index contributed by atoms with van der Waals surface area (Å²) in [7, 11) is 2.64. The first kappa shape index (κ1) is 24.5. The second-order valence-corrected chi connectivity index (χ2v) is 13.3. The van der Waals surface area contributed by atoms with E-state index in [9.17, 15) is 0 Å². The first-order valence-electron chi connectivity index (χ1n) is 11.8. The molecule has 0 aromatic heterocycles. The molecule has 0 aliphatic carbocycles. The molecule has 5 heteroatoms. The topological polar surface area (TPSA) is 21.7 Å². The average molecular weight is 460 g/mol. The molecule has 2 aromatic carbocycles. The monoisotopic (exact) mass is 459 g/mol. The number of para-hydroxylation sites is 2. The Kier molecular flexibility index (Phi) is 9.64. The fourth-order valence-electron chi connectivity index (χ4n) is 4.71. The molecule has 3 nitrogen and oxygen atoms in total. The van der Waals surface area contributed by atoms with Crippen LogP contribution in [-0.2, 0) is 0 Å². The maximum absolute atomic E-state index is 5.90. The van der Waals surface area contributed by atoms with Crippen LogP contribution in [0, 0.1) is 0 Å². The predicted molar refractivity (Wildman–Crippen MR) is 138 cm³/mol. The Balaban J connectivity index is 2.20. The largest absolute Gasteiger partial charge is 0.496 e. The number of benzene rings is 2. The second-order valence-electron chi connectivity index (χ2n) is 8.19. The lowest BCUT2D eigenvalue weighted by Crippen LogP contribution is -2.31. The molecule has 0 bridgehead atoms. The maximum atomic E-state index is 5.90. The van der Waals surface area contributed by atoms with Crippen LogP contribution in [0.5, 0.6) is 11.5 Å². The van der Waals surface area contributed by atoms with Gasteiger partial charge in [0, 0.05) is 25.2 Å². The van der Waals surface area contributed by atoms with Crippen molar-refractivity contribution < 1.29 is 9.47 Å². The van der Waals surface area contributed by atoms with E-state index in [1.54, 1.807) is 14.2 Å². The van der Waals surface area contributed by atoms with Crippen molar-refractivity contribution in [1.82, 2.24) is 4.44 Å². The number of hydrogen-bond donors (Lipinski definition) is 0. The SMILES string of the molecule is CCCCN(P(c1ccccc1OC)c1ccccc1OC)P1[C@H](CC)CC[C@H]1CC. The highest BCUT2D eigenvalue weighted by molar-refractivity contribution is 7.80. The van der Waals surface area contributed by atoms with Gasteiger partial charge in [-0.25, -0.2) is 0 Å². The second kappa shape index (κ2) is 12.2. The summed E-state index contributed by atoms with van der Waals surface area (Å²) in [6, 6.07) is 17.3. The van der Waals surface area contributed by atoms with E-state index in [1.807, 2.05) is 0 Å². The van der Waals surface area contributed by atoms with Crippen LogP contribution in [0.15, 0.2) is 48.5 Å². The minimum atomic E-state index is -0.743. The molecule has 170 valence electrons. The summed E-state index contributed by atoms with van der Waals surface area (Å²) in [5.41, 5.74) is 1.65. The fourth-order valence-corrected chi connectivity index (χ4v) is 12.6. The van der Waals surface area contributed by atoms with Crippen molar-refractivity contribution in [3.05, 3.63) is 48.5 Å². The quantitative estimate of drug-likeness (QED) is 0.341. The number of hydrogen-bond acceptors (Lipinski definition) is 3. The van der Waals surface area contributed by atoms with Crippen molar-refractivity contribution in [3.63, 3.8) is 0 Å². The number of ether oxygens (including phenoxy) is 2. The van der Waals surface area contributed by atoms with E-state index in [0.29, 0.717) is 0 Å². The lowest BCUT2D eigenvalue weighted by atomic mass is 10.1. The molecule has 0 unspecified atom stereocenters. The van der Waals surface area contributed by atoms with Crippen LogP contribution in [0.25, 0.3) is 0 Å². The molecule has 0 spiro atoms. The molecule has 0 amide bonds. The summed E-state index contributed by atoms with van der Waals surface area (Å²) in [5, 5.41) is 2.64. The van der Waals surface area contributed by atoms with E-state index >= 15 is 0 Å². The highest BCUT2D eigenvalue weighted by atomic mass is 31.2. The Hall–Kier alpha value is -1.14. The number of unbranched alkanes of at least 4 members (excludes halogenated alkanes) is 1. The normalized spacial score (nSPS) is 19.3. The third kappa shape index (κ3) is 5.44. The molecule has 1 fully saturated rings. The molecular weight excluding hydrogens is 420 g/mol. The molecule has 0 saturated carbocycles. The molecule has 0 radical (unpaired) electrons. The minimum Gasteiger partial charge on any atom is -0.496 e. The molecule has 0 N–H and O–H groups in total. The van der Waals surface area contributed by atoms with Crippen LogP contribution >= 0.6 is 16.1 Å². The van der Waals surface area contributed by atoms with Crippen molar-refractivity contribution in [3.8, 4) is 11.5 Å². The standard InChI is InChI=1S/C26H39NO2P2/c1-6-9-20-27(30-21(7-2)18-19-22(30)8-3)31(25-16-12-10-14-23(25)28-4)26-17-13-11-15-24(26)29-5/h10-17,21-22H,6-9,18-20H2,1-5H3/t21-,22-/m1/s1. The third-order valence-electron chi connectivity index (χ3n) is 6.36. The first-order chi connectivity index (χ1) is 15.2. The summed E-state index contributed by atoms with van der Waals surface area (Å²) < 4.78 is 14.7. The van der Waals surface area contributed by atoms with E-state index in [4.69, 9.17) is 9.47 Å². The highest BCUT2D eigenvalue weighted by Gasteiger charge is 2.42. The van der Waals surface area contributed by atoms with Crippen molar-refractivity contribution in [2.75, 3.05) is 20.8 Å². The molecule has 31 heavy (non-hydrogen) atoms. The Morgan fingerprint density at radius 1 is 0.839 bits per heavy atom. The van der Waals surface area contributed by atoms with Crippen LogP contribution in [-0.4, -0.2) is 36.5 Å². The van der Waals surface area contributed by atoms with Crippen LogP contribution in [0.3, 0.4) is 0 Å². The van der Waals surface area contributed by atoms with Crippen LogP contribution in [0.2, 0.25) is 0 Å². The van der Waals surface area contributed by atoms with E-state index < -0.39 is 8.07 Å². The Morgan fingerprint density at radius 3 is 1.74 bits per heavy atom. The van der Waals surface area contributed by atoms with Gasteiger partial charge in [-0.15, -0.1) is 0 Å². The Labute approximate surface area is 192 Å². The lowest BCUT2D eigenvalue weighted by molar-refractivity contribution is 0.417. The number of methoxy groups -OCH3 is 2. The van der Waals surface area contributed by atoms with Crippen LogP contribution in [0.1, 0.15) is 59.3 Å². The fraction of sp³-hybridized carbons (Fsp3) is 0.538. The smallest absolute Gasteiger partial charge is 0.128 e. The van der Waals surface area contributed by atoms with Gasteiger partial charge in [0.2, 0.25) is 0 Å². The van der Waals surface area contributed by atoms with Gasteiger partial charge in [-0.3, -0.25) is 4.44 Å². The van der Waals surface area contributed by atoms with Crippen molar-refractivity contribution in [1.29, 1.82) is 0 Å². The van der Waals surface area contributed by atoms with Crippen LogP contribution in [0.4, 0.5) is 0 Å². The van der Waals surface area contributed by atoms with Gasteiger partial charge in [-0.2, -0.15) is 0 Å². The molecule has 1 aliphatic rings. The Bertz CT molecular complexity index is 756. The molecule has 1 heterocycles. The van der Waals surface area contributed by atoms with Crippen molar-refractivity contribution in [2.45, 2.75) is 70.6 Å². The summed E-state index contributed by atoms with van der Waals surface area (Å²) in [6.07, 6.45) is 7.77. The van der Waals surface area contributed by atoms with E-state index in [0.717, 1.165) is 29.4 Å². The van der Waals surface area contributed by atoms with Gasteiger partial charge in [0.25, 0.3) is 0 Å². The predicted octanol–water partition coefficient (Wildman–Crippen LogP) is 6.90. The van der Waals surface area contributed by atoms with Gasteiger partial charge in [-0.05, 0) is 75.8 Å². The summed E-state index contributed by atoms with van der Waals surface area (Å²) in [6.45, 7) is 8.25. The molecule has 2 aromatic rings. The third-order valence-corrected chi connectivity index (χ3v) is 13.3. The minimum absolute atomic E-state index is 0.218. The summed E-state index contributed by atoms with van der Waals surface area (Å²) in [4.78, 5) is 0. The molecule has 1 aliphatic heterocycles. The number of rotatable bonds is 11. The zero-order chi connectivity index (χ0) is 22.2. The first-order valence-corrected chi connectivity index (χ1v) is 14.5. The van der Waals surface area contributed by atoms with E-state index in [1.165, 1.54) is 49.1 Å². The van der Waals surface area contributed by atoms with Gasteiger partial charge in [0.15, 0.2) is 0 Å². The van der Waals surface area contributed by atoms with Gasteiger partial charge in [0.05, 0.1) is 14.2 Å². The zero-order valence-electron chi connectivity index (χ0n) is 19.9. The van der Waals surface area contributed by atoms with Gasteiger partial charge in [-0.1, -0.05) is 51.5 Å². The van der Waals surface area contributed by atoms with Crippen molar-refractivity contribution in [2.24, 2.45) is 0 Å². The van der Waals surface area contributed by atoms with Gasteiger partial charge in [0.1, 0.15) is 11.5 Å². The molecular formula is C26H39NO2P2. The summed E-state index contributed by atoms with van der Waals surface area (Å²) in [5.74, 6) is 1.99. The summed E-state index contributed by atoms with van der Waals surface area (Å²) >= 11 is 0. The molecule has 3 rings (SSSR count). The molecule has 2 atom stereocenters. The van der Waals surface area contributed by atoms with Gasteiger partial charge < -0.3 is 9.47 Å². The van der Waals surface area contributed by atoms with Crippen LogP contribution < -0.4 is 20.1 Å². The lowest BCUT2D eigenvalue weighted by Gasteiger charge is -2.42.